The maximum absolute atomic E-state index is 12.9. The quantitative estimate of drug-likeness (QED) is 0.863. The molecule has 1 heterocycles. The Labute approximate surface area is 123 Å². The molecule has 0 aromatic heterocycles. The molecule has 4 atom stereocenters. The number of hydrogen-bond donors (Lipinski definition) is 1. The van der Waals surface area contributed by atoms with Gasteiger partial charge in [-0.15, -0.1) is 0 Å². The number of rotatable bonds is 3. The highest BCUT2D eigenvalue weighted by atomic mass is 16.5. The summed E-state index contributed by atoms with van der Waals surface area (Å²) in [4.78, 5) is 15.0. The molecule has 1 aliphatic carbocycles. The van der Waals surface area contributed by atoms with Crippen LogP contribution in [0.2, 0.25) is 0 Å². The fourth-order valence-corrected chi connectivity index (χ4v) is 3.89. The van der Waals surface area contributed by atoms with E-state index in [-0.39, 0.29) is 24.0 Å². The lowest BCUT2D eigenvalue weighted by Gasteiger charge is -2.38. The Bertz CT molecular complexity index is 339. The van der Waals surface area contributed by atoms with Crippen molar-refractivity contribution in [1.29, 1.82) is 0 Å². The smallest absolute Gasteiger partial charge is 0.228 e. The molecule has 0 aromatic rings. The zero-order valence-electron chi connectivity index (χ0n) is 13.3. The number of carbonyl (C=O) groups excluding carboxylic acids is 1. The molecule has 20 heavy (non-hydrogen) atoms. The van der Waals surface area contributed by atoms with E-state index in [1.54, 1.807) is 0 Å². The molecule has 0 radical (unpaired) electrons. The summed E-state index contributed by atoms with van der Waals surface area (Å²) in [7, 11) is 0. The van der Waals surface area contributed by atoms with Crippen LogP contribution in [0.1, 0.15) is 53.4 Å². The Kier molecular flexibility index (Phi) is 5.08. The lowest BCUT2D eigenvalue weighted by Crippen LogP contribution is -2.48. The van der Waals surface area contributed by atoms with Crippen LogP contribution in [0.25, 0.3) is 0 Å². The normalized spacial score (nSPS) is 41.6. The van der Waals surface area contributed by atoms with Crippen LogP contribution in [-0.2, 0) is 9.53 Å². The Hall–Kier alpha value is -0.610. The van der Waals surface area contributed by atoms with Gasteiger partial charge in [-0.2, -0.15) is 0 Å². The maximum Gasteiger partial charge on any atom is 0.228 e. The molecule has 0 aromatic carbocycles. The van der Waals surface area contributed by atoms with Crippen LogP contribution in [-0.4, -0.2) is 41.6 Å². The minimum Gasteiger partial charge on any atom is -0.374 e. The zero-order valence-corrected chi connectivity index (χ0v) is 13.3. The van der Waals surface area contributed by atoms with E-state index in [9.17, 15) is 4.79 Å². The van der Waals surface area contributed by atoms with Gasteiger partial charge in [-0.1, -0.05) is 6.92 Å². The van der Waals surface area contributed by atoms with Crippen LogP contribution in [0.15, 0.2) is 0 Å². The molecular formula is C16H30N2O2. The average molecular weight is 282 g/mol. The van der Waals surface area contributed by atoms with Crippen molar-refractivity contribution in [1.82, 2.24) is 4.90 Å². The Morgan fingerprint density at radius 2 is 1.75 bits per heavy atom. The summed E-state index contributed by atoms with van der Waals surface area (Å²) in [6.45, 7) is 9.13. The summed E-state index contributed by atoms with van der Waals surface area (Å²) < 4.78 is 5.84. The predicted molar refractivity (Wildman–Crippen MR) is 80.3 cm³/mol. The second-order valence-corrected chi connectivity index (χ2v) is 6.62. The summed E-state index contributed by atoms with van der Waals surface area (Å²) in [5.41, 5.74) is 5.98. The molecular weight excluding hydrogens is 252 g/mol. The van der Waals surface area contributed by atoms with Crippen LogP contribution in [0, 0.1) is 11.8 Å². The third-order valence-corrected chi connectivity index (χ3v) is 5.33. The summed E-state index contributed by atoms with van der Waals surface area (Å²) >= 11 is 0. The SMILES string of the molecule is CCN(C(=O)C1C(C)OC(C)C1C)C1CCC(N)CC1. The van der Waals surface area contributed by atoms with Crippen LogP contribution >= 0.6 is 0 Å². The second-order valence-electron chi connectivity index (χ2n) is 6.62. The number of ether oxygens (including phenoxy) is 1. The first-order chi connectivity index (χ1) is 9.45. The highest BCUT2D eigenvalue weighted by Gasteiger charge is 2.44. The molecule has 1 amide bonds. The van der Waals surface area contributed by atoms with Crippen LogP contribution < -0.4 is 5.73 Å². The van der Waals surface area contributed by atoms with Gasteiger partial charge in [0, 0.05) is 18.6 Å². The molecule has 116 valence electrons. The van der Waals surface area contributed by atoms with E-state index in [1.165, 1.54) is 0 Å². The van der Waals surface area contributed by atoms with E-state index in [0.29, 0.717) is 18.0 Å². The highest BCUT2D eigenvalue weighted by Crippen LogP contribution is 2.35. The molecule has 1 saturated carbocycles. The molecule has 1 aliphatic heterocycles. The minimum absolute atomic E-state index is 0.0144. The first-order valence-corrected chi connectivity index (χ1v) is 8.17. The topological polar surface area (TPSA) is 55.6 Å². The van der Waals surface area contributed by atoms with Gasteiger partial charge in [-0.25, -0.2) is 0 Å². The van der Waals surface area contributed by atoms with E-state index in [0.717, 1.165) is 32.2 Å². The summed E-state index contributed by atoms with van der Waals surface area (Å²) in [5, 5.41) is 0. The molecule has 1 saturated heterocycles. The molecule has 4 heteroatoms. The van der Waals surface area contributed by atoms with Gasteiger partial charge >= 0.3 is 0 Å². The monoisotopic (exact) mass is 282 g/mol. The van der Waals surface area contributed by atoms with Crippen LogP contribution in [0.3, 0.4) is 0 Å². The van der Waals surface area contributed by atoms with Gasteiger partial charge in [-0.05, 0) is 52.4 Å². The minimum atomic E-state index is 0.0144. The maximum atomic E-state index is 12.9. The molecule has 0 bridgehead atoms. The third kappa shape index (κ3) is 3.01. The van der Waals surface area contributed by atoms with Crippen molar-refractivity contribution < 1.29 is 9.53 Å². The van der Waals surface area contributed by atoms with Gasteiger partial charge in [0.25, 0.3) is 0 Å². The van der Waals surface area contributed by atoms with Gasteiger partial charge in [0.15, 0.2) is 0 Å². The summed E-state index contributed by atoms with van der Waals surface area (Å²) in [5.74, 6) is 0.607. The molecule has 2 N–H and O–H groups in total. The van der Waals surface area contributed by atoms with E-state index < -0.39 is 0 Å². The number of amides is 1. The first-order valence-electron chi connectivity index (χ1n) is 8.17. The van der Waals surface area contributed by atoms with Crippen LogP contribution in [0.5, 0.6) is 0 Å². The number of carbonyl (C=O) groups is 1. The second kappa shape index (κ2) is 6.44. The lowest BCUT2D eigenvalue weighted by molar-refractivity contribution is -0.140. The molecule has 4 unspecified atom stereocenters. The summed E-state index contributed by atoms with van der Waals surface area (Å²) in [6, 6.07) is 0.704. The Balaban J connectivity index is 2.05. The number of hydrogen-bond acceptors (Lipinski definition) is 3. The Morgan fingerprint density at radius 1 is 1.15 bits per heavy atom. The number of nitrogens with zero attached hydrogens (tertiary/aromatic N) is 1. The van der Waals surface area contributed by atoms with Crippen molar-refractivity contribution in [3.8, 4) is 0 Å². The fraction of sp³-hybridized carbons (Fsp3) is 0.938. The van der Waals surface area contributed by atoms with Crippen molar-refractivity contribution in [2.45, 2.75) is 77.7 Å². The average Bonchev–Trinajstić information content (AvgIpc) is 2.66. The first kappa shape index (κ1) is 15.8. The van der Waals surface area contributed by atoms with E-state index >= 15 is 0 Å². The highest BCUT2D eigenvalue weighted by molar-refractivity contribution is 5.80. The van der Waals surface area contributed by atoms with Gasteiger partial charge in [-0.3, -0.25) is 4.79 Å². The third-order valence-electron chi connectivity index (χ3n) is 5.33. The zero-order chi connectivity index (χ0) is 14.9. The molecule has 0 spiro atoms. The van der Waals surface area contributed by atoms with E-state index in [4.69, 9.17) is 10.5 Å². The van der Waals surface area contributed by atoms with Crippen molar-refractivity contribution >= 4 is 5.91 Å². The van der Waals surface area contributed by atoms with E-state index in [1.807, 2.05) is 6.92 Å². The number of nitrogens with two attached hydrogens (primary N) is 1. The predicted octanol–water partition coefficient (Wildman–Crippen LogP) is 2.16. The molecule has 4 nitrogen and oxygen atoms in total. The molecule has 2 aliphatic rings. The van der Waals surface area contributed by atoms with E-state index in [2.05, 4.69) is 25.7 Å². The largest absolute Gasteiger partial charge is 0.374 e. The van der Waals surface area contributed by atoms with Crippen molar-refractivity contribution in [2.75, 3.05) is 6.54 Å². The molecule has 2 rings (SSSR count). The fourth-order valence-electron chi connectivity index (χ4n) is 3.89. The molecule has 2 fully saturated rings. The van der Waals surface area contributed by atoms with Gasteiger partial charge < -0.3 is 15.4 Å². The van der Waals surface area contributed by atoms with Gasteiger partial charge in [0.1, 0.15) is 0 Å². The Morgan fingerprint density at radius 3 is 2.20 bits per heavy atom. The summed E-state index contributed by atoms with van der Waals surface area (Å²) in [6.07, 6.45) is 4.39. The van der Waals surface area contributed by atoms with Crippen LogP contribution in [0.4, 0.5) is 0 Å². The lowest BCUT2D eigenvalue weighted by atomic mass is 9.86. The standard InChI is InChI=1S/C16H30N2O2/c1-5-18(14-8-6-13(17)7-9-14)16(19)15-10(2)11(3)20-12(15)4/h10-15H,5-9,17H2,1-4H3. The van der Waals surface area contributed by atoms with Crippen molar-refractivity contribution in [3.63, 3.8) is 0 Å². The van der Waals surface area contributed by atoms with Gasteiger partial charge in [0.05, 0.1) is 18.1 Å². The van der Waals surface area contributed by atoms with Crippen molar-refractivity contribution in [2.24, 2.45) is 17.6 Å². The van der Waals surface area contributed by atoms with Gasteiger partial charge in [0.2, 0.25) is 5.91 Å². The van der Waals surface area contributed by atoms with Crippen molar-refractivity contribution in [3.05, 3.63) is 0 Å².